The maximum Gasteiger partial charge on any atom is 0.419 e. The van der Waals surface area contributed by atoms with Crippen molar-refractivity contribution in [2.24, 2.45) is 0 Å². The molecule has 0 bridgehead atoms. The van der Waals surface area contributed by atoms with Crippen molar-refractivity contribution in [3.05, 3.63) is 29.8 Å². The van der Waals surface area contributed by atoms with E-state index in [0.717, 1.165) is 6.07 Å². The molecule has 0 radical (unpaired) electrons. The first-order valence-corrected chi connectivity index (χ1v) is 5.42. The Bertz CT molecular complexity index is 423. The SMILES string of the molecule is C#CCNCC(C)Oc1ccccc1C(F)(F)F. The van der Waals surface area contributed by atoms with Crippen molar-refractivity contribution in [3.63, 3.8) is 0 Å². The summed E-state index contributed by atoms with van der Waals surface area (Å²) in [7, 11) is 0. The Labute approximate surface area is 104 Å². The first-order chi connectivity index (χ1) is 8.45. The molecule has 1 unspecified atom stereocenters. The number of nitrogens with one attached hydrogen (secondary N) is 1. The molecule has 98 valence electrons. The molecule has 0 amide bonds. The Balaban J connectivity index is 2.70. The summed E-state index contributed by atoms with van der Waals surface area (Å²) in [6.07, 6.45) is 0.231. The molecule has 0 saturated carbocycles. The lowest BCUT2D eigenvalue weighted by Gasteiger charge is -2.18. The van der Waals surface area contributed by atoms with Gasteiger partial charge in [-0.3, -0.25) is 0 Å². The molecule has 0 saturated heterocycles. The summed E-state index contributed by atoms with van der Waals surface area (Å²) >= 11 is 0. The van der Waals surface area contributed by atoms with Crippen LogP contribution < -0.4 is 10.1 Å². The molecule has 0 aliphatic rings. The smallest absolute Gasteiger partial charge is 0.419 e. The van der Waals surface area contributed by atoms with Crippen LogP contribution in [0.4, 0.5) is 13.2 Å². The van der Waals surface area contributed by atoms with Crippen LogP contribution in [0.3, 0.4) is 0 Å². The van der Waals surface area contributed by atoms with Crippen LogP contribution in [0.2, 0.25) is 0 Å². The third-order valence-electron chi connectivity index (χ3n) is 2.18. The third-order valence-corrected chi connectivity index (χ3v) is 2.18. The topological polar surface area (TPSA) is 21.3 Å². The number of alkyl halides is 3. The Kier molecular flexibility index (Phi) is 5.05. The zero-order valence-corrected chi connectivity index (χ0v) is 9.92. The molecule has 1 aromatic rings. The van der Waals surface area contributed by atoms with Gasteiger partial charge in [0.25, 0.3) is 0 Å². The van der Waals surface area contributed by atoms with Crippen LogP contribution in [-0.4, -0.2) is 19.2 Å². The van der Waals surface area contributed by atoms with Crippen LogP contribution >= 0.6 is 0 Å². The fourth-order valence-electron chi connectivity index (χ4n) is 1.41. The highest BCUT2D eigenvalue weighted by Gasteiger charge is 2.34. The van der Waals surface area contributed by atoms with E-state index in [0.29, 0.717) is 13.1 Å². The molecule has 0 aliphatic carbocycles. The largest absolute Gasteiger partial charge is 0.489 e. The lowest BCUT2D eigenvalue weighted by molar-refractivity contribution is -0.139. The van der Waals surface area contributed by atoms with Gasteiger partial charge in [-0.2, -0.15) is 13.2 Å². The highest BCUT2D eigenvalue weighted by molar-refractivity contribution is 5.35. The number of hydrogen-bond acceptors (Lipinski definition) is 2. The zero-order valence-electron chi connectivity index (χ0n) is 9.92. The summed E-state index contributed by atoms with van der Waals surface area (Å²) in [4.78, 5) is 0. The molecule has 1 rings (SSSR count). The Hall–Kier alpha value is -1.67. The molecule has 1 N–H and O–H groups in total. The first-order valence-electron chi connectivity index (χ1n) is 5.42. The van der Waals surface area contributed by atoms with Gasteiger partial charge in [-0.05, 0) is 19.1 Å². The van der Waals surface area contributed by atoms with Gasteiger partial charge >= 0.3 is 6.18 Å². The van der Waals surface area contributed by atoms with Crippen molar-refractivity contribution < 1.29 is 17.9 Å². The Morgan fingerprint density at radius 3 is 2.67 bits per heavy atom. The number of benzene rings is 1. The number of para-hydroxylation sites is 1. The van der Waals surface area contributed by atoms with Crippen molar-refractivity contribution in [2.75, 3.05) is 13.1 Å². The standard InChI is InChI=1S/C13H14F3NO/c1-3-8-17-9-10(2)18-12-7-5-4-6-11(12)13(14,15)16/h1,4-7,10,17H,8-9H2,2H3. The quantitative estimate of drug-likeness (QED) is 0.647. The summed E-state index contributed by atoms with van der Waals surface area (Å²) in [5, 5.41) is 2.87. The van der Waals surface area contributed by atoms with Gasteiger partial charge in [0.1, 0.15) is 11.9 Å². The average Bonchev–Trinajstić information content (AvgIpc) is 2.28. The van der Waals surface area contributed by atoms with Crippen LogP contribution in [0.15, 0.2) is 24.3 Å². The molecule has 0 aromatic heterocycles. The second-order valence-electron chi connectivity index (χ2n) is 3.76. The zero-order chi connectivity index (χ0) is 13.6. The third kappa shape index (κ3) is 4.30. The van der Waals surface area contributed by atoms with Crippen LogP contribution in [0.25, 0.3) is 0 Å². The van der Waals surface area contributed by atoms with E-state index in [4.69, 9.17) is 11.2 Å². The number of halogens is 3. The highest BCUT2D eigenvalue weighted by atomic mass is 19.4. The van der Waals surface area contributed by atoms with Gasteiger partial charge in [0, 0.05) is 6.54 Å². The molecule has 2 nitrogen and oxygen atoms in total. The van der Waals surface area contributed by atoms with Gasteiger partial charge in [-0.1, -0.05) is 18.1 Å². The summed E-state index contributed by atoms with van der Waals surface area (Å²) in [5.41, 5.74) is -0.770. The molecule has 5 heteroatoms. The molecule has 18 heavy (non-hydrogen) atoms. The minimum absolute atomic E-state index is 0.167. The number of ether oxygens (including phenoxy) is 1. The first kappa shape index (κ1) is 14.4. The number of rotatable bonds is 5. The average molecular weight is 257 g/mol. The van der Waals surface area contributed by atoms with E-state index >= 15 is 0 Å². The predicted octanol–water partition coefficient (Wildman–Crippen LogP) is 2.70. The normalized spacial score (nSPS) is 12.8. The number of terminal acetylenes is 1. The van der Waals surface area contributed by atoms with Crippen molar-refractivity contribution in [2.45, 2.75) is 19.2 Å². The second-order valence-corrected chi connectivity index (χ2v) is 3.76. The van der Waals surface area contributed by atoms with Crippen LogP contribution in [-0.2, 0) is 6.18 Å². The fourth-order valence-corrected chi connectivity index (χ4v) is 1.41. The molecular weight excluding hydrogens is 243 g/mol. The summed E-state index contributed by atoms with van der Waals surface area (Å²) in [5.74, 6) is 2.21. The van der Waals surface area contributed by atoms with Crippen LogP contribution in [0, 0.1) is 12.3 Å². The van der Waals surface area contributed by atoms with Crippen molar-refractivity contribution in [3.8, 4) is 18.1 Å². The van der Waals surface area contributed by atoms with E-state index in [2.05, 4.69) is 11.2 Å². The lowest BCUT2D eigenvalue weighted by Crippen LogP contribution is -2.29. The molecule has 0 spiro atoms. The highest BCUT2D eigenvalue weighted by Crippen LogP contribution is 2.36. The molecule has 0 heterocycles. The van der Waals surface area contributed by atoms with E-state index in [1.165, 1.54) is 18.2 Å². The summed E-state index contributed by atoms with van der Waals surface area (Å²) < 4.78 is 43.3. The van der Waals surface area contributed by atoms with E-state index in [9.17, 15) is 13.2 Å². The summed E-state index contributed by atoms with van der Waals surface area (Å²) in [6.45, 7) is 2.42. The fraction of sp³-hybridized carbons (Fsp3) is 0.385. The van der Waals surface area contributed by atoms with Gasteiger partial charge in [-0.25, -0.2) is 0 Å². The number of hydrogen-bond donors (Lipinski definition) is 1. The van der Waals surface area contributed by atoms with E-state index < -0.39 is 17.8 Å². The molecule has 0 aliphatic heterocycles. The van der Waals surface area contributed by atoms with Gasteiger partial charge in [0.05, 0.1) is 12.1 Å². The van der Waals surface area contributed by atoms with E-state index in [-0.39, 0.29) is 5.75 Å². The lowest BCUT2D eigenvalue weighted by atomic mass is 10.2. The Morgan fingerprint density at radius 2 is 2.06 bits per heavy atom. The minimum atomic E-state index is -4.41. The van der Waals surface area contributed by atoms with E-state index in [1.54, 1.807) is 6.92 Å². The van der Waals surface area contributed by atoms with Gasteiger partial charge in [0.15, 0.2) is 0 Å². The van der Waals surface area contributed by atoms with Crippen molar-refractivity contribution in [1.82, 2.24) is 5.32 Å². The van der Waals surface area contributed by atoms with Gasteiger partial charge in [0.2, 0.25) is 0 Å². The minimum Gasteiger partial charge on any atom is -0.489 e. The van der Waals surface area contributed by atoms with Crippen molar-refractivity contribution in [1.29, 1.82) is 0 Å². The molecular formula is C13H14F3NO. The van der Waals surface area contributed by atoms with E-state index in [1.807, 2.05) is 0 Å². The van der Waals surface area contributed by atoms with Gasteiger partial charge < -0.3 is 10.1 Å². The monoisotopic (exact) mass is 257 g/mol. The van der Waals surface area contributed by atoms with Crippen molar-refractivity contribution >= 4 is 0 Å². The predicted molar refractivity (Wildman–Crippen MR) is 63.2 cm³/mol. The maximum absolute atomic E-state index is 12.7. The Morgan fingerprint density at radius 1 is 1.39 bits per heavy atom. The molecule has 1 atom stereocenters. The summed E-state index contributed by atoms with van der Waals surface area (Å²) in [6, 6.07) is 5.14. The van der Waals surface area contributed by atoms with Crippen LogP contribution in [0.1, 0.15) is 12.5 Å². The second kappa shape index (κ2) is 6.31. The molecule has 1 aromatic carbocycles. The molecule has 0 fully saturated rings. The van der Waals surface area contributed by atoms with Gasteiger partial charge in [-0.15, -0.1) is 6.42 Å². The van der Waals surface area contributed by atoms with Crippen LogP contribution in [0.5, 0.6) is 5.75 Å². The maximum atomic E-state index is 12.7.